The standard InChI is InChI=1S/C11H14FNO2/c1-3-15-11(14)7(2)8-5-4-6-9(12)10(8)13/h4-7H,3,13H2,1-2H3. The number of carbonyl (C=O) groups excluding carboxylic acids is 1. The van der Waals surface area contributed by atoms with Crippen LogP contribution in [-0.4, -0.2) is 12.6 Å². The lowest BCUT2D eigenvalue weighted by molar-refractivity contribution is -0.144. The first-order valence-electron chi connectivity index (χ1n) is 4.78. The zero-order valence-corrected chi connectivity index (χ0v) is 8.79. The van der Waals surface area contributed by atoms with E-state index in [0.29, 0.717) is 12.2 Å². The fourth-order valence-electron chi connectivity index (χ4n) is 1.33. The minimum Gasteiger partial charge on any atom is -0.466 e. The SMILES string of the molecule is CCOC(=O)C(C)c1cccc(F)c1N. The van der Waals surface area contributed by atoms with E-state index in [2.05, 4.69) is 0 Å². The van der Waals surface area contributed by atoms with Gasteiger partial charge in [0, 0.05) is 0 Å². The van der Waals surface area contributed by atoms with Crippen LogP contribution in [0.1, 0.15) is 25.3 Å². The second kappa shape index (κ2) is 4.77. The molecule has 3 nitrogen and oxygen atoms in total. The van der Waals surface area contributed by atoms with Crippen molar-refractivity contribution in [3.63, 3.8) is 0 Å². The molecule has 0 aliphatic carbocycles. The second-order valence-electron chi connectivity index (χ2n) is 3.22. The zero-order chi connectivity index (χ0) is 11.4. The summed E-state index contributed by atoms with van der Waals surface area (Å²) in [6.45, 7) is 3.67. The van der Waals surface area contributed by atoms with E-state index < -0.39 is 17.7 Å². The predicted molar refractivity (Wildman–Crippen MR) is 55.9 cm³/mol. The van der Waals surface area contributed by atoms with Crippen molar-refractivity contribution in [2.45, 2.75) is 19.8 Å². The van der Waals surface area contributed by atoms with Crippen LogP contribution in [0.2, 0.25) is 0 Å². The molecule has 0 aromatic heterocycles. The number of ether oxygens (including phenoxy) is 1. The summed E-state index contributed by atoms with van der Waals surface area (Å²) in [6.07, 6.45) is 0. The van der Waals surface area contributed by atoms with Crippen LogP contribution in [0.3, 0.4) is 0 Å². The Morgan fingerprint density at radius 2 is 2.27 bits per heavy atom. The molecule has 4 heteroatoms. The van der Waals surface area contributed by atoms with Crippen LogP contribution >= 0.6 is 0 Å². The molecule has 15 heavy (non-hydrogen) atoms. The maximum atomic E-state index is 13.1. The minimum absolute atomic E-state index is 0.0121. The first-order chi connectivity index (χ1) is 7.07. The highest BCUT2D eigenvalue weighted by molar-refractivity contribution is 5.79. The van der Waals surface area contributed by atoms with Gasteiger partial charge in [-0.2, -0.15) is 0 Å². The van der Waals surface area contributed by atoms with Gasteiger partial charge in [-0.3, -0.25) is 4.79 Å². The Morgan fingerprint density at radius 3 is 2.87 bits per heavy atom. The Morgan fingerprint density at radius 1 is 1.60 bits per heavy atom. The Kier molecular flexibility index (Phi) is 3.66. The molecule has 1 aromatic rings. The first kappa shape index (κ1) is 11.5. The van der Waals surface area contributed by atoms with E-state index in [-0.39, 0.29) is 5.69 Å². The lowest BCUT2D eigenvalue weighted by Gasteiger charge is -2.13. The van der Waals surface area contributed by atoms with Crippen LogP contribution in [0.25, 0.3) is 0 Å². The molecule has 0 fully saturated rings. The van der Waals surface area contributed by atoms with Crippen LogP contribution in [0, 0.1) is 5.82 Å². The number of anilines is 1. The van der Waals surface area contributed by atoms with E-state index in [1.807, 2.05) is 0 Å². The molecule has 0 radical (unpaired) electrons. The summed E-state index contributed by atoms with van der Waals surface area (Å²) in [6, 6.07) is 4.41. The Balaban J connectivity index is 2.96. The number of para-hydroxylation sites is 1. The molecule has 0 saturated heterocycles. The number of carbonyl (C=O) groups is 1. The third-order valence-electron chi connectivity index (χ3n) is 2.19. The van der Waals surface area contributed by atoms with E-state index in [9.17, 15) is 9.18 Å². The van der Waals surface area contributed by atoms with Crippen LogP contribution in [-0.2, 0) is 9.53 Å². The molecule has 2 N–H and O–H groups in total. The predicted octanol–water partition coefficient (Wildman–Crippen LogP) is 2.07. The first-order valence-corrected chi connectivity index (χ1v) is 4.78. The number of nitrogen functional groups attached to an aromatic ring is 1. The number of hydrogen-bond acceptors (Lipinski definition) is 3. The number of nitrogens with two attached hydrogens (primary N) is 1. The van der Waals surface area contributed by atoms with E-state index >= 15 is 0 Å². The van der Waals surface area contributed by atoms with Crippen molar-refractivity contribution in [1.82, 2.24) is 0 Å². The summed E-state index contributed by atoms with van der Waals surface area (Å²) in [5, 5.41) is 0. The lowest BCUT2D eigenvalue weighted by atomic mass is 9.99. The summed E-state index contributed by atoms with van der Waals surface area (Å²) < 4.78 is 17.9. The number of esters is 1. The minimum atomic E-state index is -0.541. The molecular weight excluding hydrogens is 197 g/mol. The van der Waals surface area contributed by atoms with E-state index in [1.165, 1.54) is 12.1 Å². The molecule has 1 unspecified atom stereocenters. The van der Waals surface area contributed by atoms with Crippen LogP contribution in [0.4, 0.5) is 10.1 Å². The lowest BCUT2D eigenvalue weighted by Crippen LogP contribution is -2.15. The summed E-state index contributed by atoms with van der Waals surface area (Å²) >= 11 is 0. The third kappa shape index (κ3) is 2.46. The van der Waals surface area contributed by atoms with Gasteiger partial charge < -0.3 is 10.5 Å². The topological polar surface area (TPSA) is 52.3 Å². The highest BCUT2D eigenvalue weighted by Gasteiger charge is 2.19. The monoisotopic (exact) mass is 211 g/mol. The summed E-state index contributed by atoms with van der Waals surface area (Å²) in [4.78, 5) is 11.4. The zero-order valence-electron chi connectivity index (χ0n) is 8.79. The van der Waals surface area contributed by atoms with Crippen molar-refractivity contribution in [2.24, 2.45) is 0 Å². The van der Waals surface area contributed by atoms with Crippen LogP contribution in [0.5, 0.6) is 0 Å². The summed E-state index contributed by atoms with van der Waals surface area (Å²) in [5.41, 5.74) is 6.01. The van der Waals surface area contributed by atoms with Crippen LogP contribution < -0.4 is 5.73 Å². The van der Waals surface area contributed by atoms with E-state index in [1.54, 1.807) is 19.9 Å². The van der Waals surface area contributed by atoms with Crippen molar-refractivity contribution in [2.75, 3.05) is 12.3 Å². The summed E-state index contributed by atoms with van der Waals surface area (Å²) in [7, 11) is 0. The van der Waals surface area contributed by atoms with Gasteiger partial charge in [0.15, 0.2) is 0 Å². The molecule has 1 rings (SSSR count). The van der Waals surface area contributed by atoms with Gasteiger partial charge in [0.1, 0.15) is 5.82 Å². The van der Waals surface area contributed by atoms with Gasteiger partial charge in [0.05, 0.1) is 18.2 Å². The van der Waals surface area contributed by atoms with Gasteiger partial charge in [-0.05, 0) is 25.5 Å². The average molecular weight is 211 g/mol. The van der Waals surface area contributed by atoms with Gasteiger partial charge in [-0.1, -0.05) is 12.1 Å². The smallest absolute Gasteiger partial charge is 0.313 e. The molecule has 82 valence electrons. The highest BCUT2D eigenvalue weighted by Crippen LogP contribution is 2.25. The van der Waals surface area contributed by atoms with E-state index in [0.717, 1.165) is 0 Å². The molecule has 0 amide bonds. The molecule has 1 atom stereocenters. The Bertz CT molecular complexity index is 366. The van der Waals surface area contributed by atoms with Gasteiger partial charge in [0.25, 0.3) is 0 Å². The van der Waals surface area contributed by atoms with E-state index in [4.69, 9.17) is 10.5 Å². The number of hydrogen-bond donors (Lipinski definition) is 1. The normalized spacial score (nSPS) is 12.2. The second-order valence-corrected chi connectivity index (χ2v) is 3.22. The van der Waals surface area contributed by atoms with Gasteiger partial charge in [-0.15, -0.1) is 0 Å². The average Bonchev–Trinajstić information content (AvgIpc) is 2.21. The van der Waals surface area contributed by atoms with Crippen molar-refractivity contribution in [1.29, 1.82) is 0 Å². The summed E-state index contributed by atoms with van der Waals surface area (Å²) in [5.74, 6) is -1.45. The number of halogens is 1. The maximum Gasteiger partial charge on any atom is 0.313 e. The molecule has 0 aliphatic rings. The van der Waals surface area contributed by atoms with Gasteiger partial charge in [-0.25, -0.2) is 4.39 Å². The third-order valence-corrected chi connectivity index (χ3v) is 2.19. The molecule has 1 aromatic carbocycles. The number of rotatable bonds is 3. The quantitative estimate of drug-likeness (QED) is 0.615. The Labute approximate surface area is 88.0 Å². The van der Waals surface area contributed by atoms with Crippen molar-refractivity contribution in [3.05, 3.63) is 29.6 Å². The van der Waals surface area contributed by atoms with Crippen molar-refractivity contribution in [3.8, 4) is 0 Å². The highest BCUT2D eigenvalue weighted by atomic mass is 19.1. The molecule has 0 bridgehead atoms. The molecule has 0 spiro atoms. The van der Waals surface area contributed by atoms with Crippen molar-refractivity contribution >= 4 is 11.7 Å². The van der Waals surface area contributed by atoms with Crippen LogP contribution in [0.15, 0.2) is 18.2 Å². The fraction of sp³-hybridized carbons (Fsp3) is 0.364. The molecule has 0 aliphatic heterocycles. The largest absolute Gasteiger partial charge is 0.466 e. The van der Waals surface area contributed by atoms with Gasteiger partial charge >= 0.3 is 5.97 Å². The maximum absolute atomic E-state index is 13.1. The molecule has 0 saturated carbocycles. The van der Waals surface area contributed by atoms with Crippen molar-refractivity contribution < 1.29 is 13.9 Å². The molecule has 0 heterocycles. The molecular formula is C11H14FNO2. The van der Waals surface area contributed by atoms with Gasteiger partial charge in [0.2, 0.25) is 0 Å². The fourth-order valence-corrected chi connectivity index (χ4v) is 1.33. The number of benzene rings is 1. The Hall–Kier alpha value is -1.58.